The van der Waals surface area contributed by atoms with Crippen LogP contribution in [0.25, 0.3) is 0 Å². The van der Waals surface area contributed by atoms with Crippen molar-refractivity contribution >= 4 is 12.2 Å². The summed E-state index contributed by atoms with van der Waals surface area (Å²) in [6.45, 7) is 2.06. The quantitative estimate of drug-likeness (QED) is 0.317. The van der Waals surface area contributed by atoms with Gasteiger partial charge in [0.25, 0.3) is 5.91 Å². The molecule has 1 rings (SSSR count). The molecule has 1 atom stereocenters. The van der Waals surface area contributed by atoms with Crippen LogP contribution in [0.3, 0.4) is 0 Å². The maximum Gasteiger partial charge on any atom is 0.253 e. The van der Waals surface area contributed by atoms with Crippen LogP contribution in [0.15, 0.2) is 0 Å². The number of nitrogens with one attached hydrogen (secondary N) is 1. The first-order valence-corrected chi connectivity index (χ1v) is 4.47. The Morgan fingerprint density at radius 1 is 1.71 bits per heavy atom. The highest BCUT2D eigenvalue weighted by atomic mass is 16.5. The Morgan fingerprint density at radius 2 is 2.50 bits per heavy atom. The van der Waals surface area contributed by atoms with Gasteiger partial charge in [-0.1, -0.05) is 0 Å². The average molecular weight is 200 g/mol. The van der Waals surface area contributed by atoms with E-state index >= 15 is 0 Å². The Kier molecular flexibility index (Phi) is 4.51. The SMILES string of the molecule is NNC(=O)C1COCCN1CC[C]=O. The van der Waals surface area contributed by atoms with Gasteiger partial charge in [0.1, 0.15) is 6.04 Å². The number of rotatable bonds is 4. The molecule has 79 valence electrons. The second-order valence-corrected chi connectivity index (χ2v) is 3.03. The van der Waals surface area contributed by atoms with Crippen LogP contribution in [0, 0.1) is 0 Å². The lowest BCUT2D eigenvalue weighted by Gasteiger charge is -2.33. The molecule has 0 aliphatic carbocycles. The fourth-order valence-electron chi connectivity index (χ4n) is 1.43. The molecule has 0 bridgehead atoms. The van der Waals surface area contributed by atoms with Crippen LogP contribution in [0.5, 0.6) is 0 Å². The molecule has 1 aliphatic rings. The molecule has 0 aromatic heterocycles. The second kappa shape index (κ2) is 5.69. The lowest BCUT2D eigenvalue weighted by atomic mass is 10.2. The van der Waals surface area contributed by atoms with Crippen LogP contribution < -0.4 is 11.3 Å². The van der Waals surface area contributed by atoms with E-state index in [1.165, 1.54) is 0 Å². The number of ether oxygens (including phenoxy) is 1. The summed E-state index contributed by atoms with van der Waals surface area (Å²) in [5.41, 5.74) is 2.08. The van der Waals surface area contributed by atoms with Gasteiger partial charge in [-0.05, 0) is 0 Å². The van der Waals surface area contributed by atoms with E-state index in [0.29, 0.717) is 32.7 Å². The molecule has 1 saturated heterocycles. The molecule has 1 unspecified atom stereocenters. The minimum absolute atomic E-state index is 0.282. The van der Waals surface area contributed by atoms with E-state index in [4.69, 9.17) is 10.6 Å². The standard InChI is InChI=1S/C8H14N3O3/c9-10-8(13)7-6-14-5-3-11(7)2-1-4-12/h7H,1-3,5-6,9H2,(H,10,13). The number of amides is 1. The van der Waals surface area contributed by atoms with Crippen molar-refractivity contribution in [3.63, 3.8) is 0 Å². The second-order valence-electron chi connectivity index (χ2n) is 3.03. The molecule has 3 N–H and O–H groups in total. The normalized spacial score (nSPS) is 23.1. The van der Waals surface area contributed by atoms with Crippen LogP contribution in [-0.2, 0) is 14.3 Å². The van der Waals surface area contributed by atoms with Crippen LogP contribution in [0.1, 0.15) is 6.42 Å². The molecule has 1 heterocycles. The Morgan fingerprint density at radius 3 is 3.14 bits per heavy atom. The van der Waals surface area contributed by atoms with Crippen LogP contribution in [0.4, 0.5) is 0 Å². The highest BCUT2D eigenvalue weighted by Crippen LogP contribution is 2.06. The van der Waals surface area contributed by atoms with Crippen molar-refractivity contribution in [2.45, 2.75) is 12.5 Å². The number of hydrogen-bond donors (Lipinski definition) is 2. The Bertz CT molecular complexity index is 210. The Hall–Kier alpha value is -0.980. The minimum atomic E-state index is -0.387. The maximum atomic E-state index is 11.3. The molecule has 0 aromatic carbocycles. The van der Waals surface area contributed by atoms with Gasteiger partial charge in [0.15, 0.2) is 6.29 Å². The number of carbonyl (C=O) groups is 1. The van der Waals surface area contributed by atoms with E-state index in [2.05, 4.69) is 5.43 Å². The van der Waals surface area contributed by atoms with Crippen LogP contribution in [0.2, 0.25) is 0 Å². The summed E-state index contributed by atoms with van der Waals surface area (Å²) in [7, 11) is 0. The first kappa shape index (κ1) is 11.1. The predicted octanol–water partition coefficient (Wildman–Crippen LogP) is -1.82. The number of carbonyl (C=O) groups excluding carboxylic acids is 2. The monoisotopic (exact) mass is 200 g/mol. The molecule has 1 radical (unpaired) electrons. The van der Waals surface area contributed by atoms with Gasteiger partial charge in [-0.3, -0.25) is 19.9 Å². The van der Waals surface area contributed by atoms with Crippen molar-refractivity contribution in [3.8, 4) is 0 Å². The fraction of sp³-hybridized carbons (Fsp3) is 0.750. The number of hydrazine groups is 1. The van der Waals surface area contributed by atoms with Gasteiger partial charge >= 0.3 is 0 Å². The first-order valence-electron chi connectivity index (χ1n) is 4.47. The summed E-state index contributed by atoms with van der Waals surface area (Å²) in [5, 5.41) is 0. The van der Waals surface area contributed by atoms with E-state index < -0.39 is 0 Å². The largest absolute Gasteiger partial charge is 0.378 e. The van der Waals surface area contributed by atoms with E-state index in [1.807, 2.05) is 4.90 Å². The molecule has 14 heavy (non-hydrogen) atoms. The summed E-state index contributed by atoms with van der Waals surface area (Å²) in [6.07, 6.45) is 2.10. The Labute approximate surface area is 82.3 Å². The summed E-state index contributed by atoms with van der Waals surface area (Å²) in [5.74, 6) is 4.75. The third-order valence-electron chi connectivity index (χ3n) is 2.19. The number of hydrogen-bond acceptors (Lipinski definition) is 5. The van der Waals surface area contributed by atoms with Gasteiger partial charge in [-0.2, -0.15) is 0 Å². The van der Waals surface area contributed by atoms with E-state index in [1.54, 1.807) is 6.29 Å². The zero-order valence-electron chi connectivity index (χ0n) is 7.86. The number of morpholine rings is 1. The molecule has 0 spiro atoms. The highest BCUT2D eigenvalue weighted by Gasteiger charge is 2.28. The third kappa shape index (κ3) is 2.76. The molecule has 1 amide bonds. The molecule has 6 nitrogen and oxygen atoms in total. The first-order chi connectivity index (χ1) is 6.79. The number of nitrogens with zero attached hydrogens (tertiary/aromatic N) is 1. The fourth-order valence-corrected chi connectivity index (χ4v) is 1.43. The lowest BCUT2D eigenvalue weighted by molar-refractivity contribution is -0.132. The zero-order valence-corrected chi connectivity index (χ0v) is 7.86. The molecule has 1 fully saturated rings. The van der Waals surface area contributed by atoms with Crippen molar-refractivity contribution in [2.24, 2.45) is 5.84 Å². The molecule has 0 saturated carbocycles. The van der Waals surface area contributed by atoms with Gasteiger partial charge in [-0.15, -0.1) is 0 Å². The summed E-state index contributed by atoms with van der Waals surface area (Å²) >= 11 is 0. The van der Waals surface area contributed by atoms with Crippen molar-refractivity contribution in [3.05, 3.63) is 0 Å². The molecule has 1 aliphatic heterocycles. The van der Waals surface area contributed by atoms with Gasteiger partial charge in [0.2, 0.25) is 0 Å². The molecular weight excluding hydrogens is 186 g/mol. The highest BCUT2D eigenvalue weighted by molar-refractivity contribution is 5.81. The van der Waals surface area contributed by atoms with E-state index in [-0.39, 0.29) is 11.9 Å². The average Bonchev–Trinajstić information content (AvgIpc) is 2.25. The smallest absolute Gasteiger partial charge is 0.253 e. The Balaban J connectivity index is 2.49. The molecule has 6 heteroatoms. The van der Waals surface area contributed by atoms with Crippen molar-refractivity contribution in [1.82, 2.24) is 10.3 Å². The lowest BCUT2D eigenvalue weighted by Crippen LogP contribution is -2.55. The maximum absolute atomic E-state index is 11.3. The summed E-state index contributed by atoms with van der Waals surface area (Å²) in [6, 6.07) is -0.387. The molecular formula is C8H14N3O3. The van der Waals surface area contributed by atoms with Crippen molar-refractivity contribution < 1.29 is 14.3 Å². The summed E-state index contributed by atoms with van der Waals surface area (Å²) < 4.78 is 5.16. The van der Waals surface area contributed by atoms with Gasteiger partial charge in [0, 0.05) is 19.5 Å². The van der Waals surface area contributed by atoms with Crippen molar-refractivity contribution in [1.29, 1.82) is 0 Å². The van der Waals surface area contributed by atoms with E-state index in [0.717, 1.165) is 0 Å². The van der Waals surface area contributed by atoms with Crippen LogP contribution in [-0.4, -0.2) is 49.4 Å². The topological polar surface area (TPSA) is 84.7 Å². The van der Waals surface area contributed by atoms with Gasteiger partial charge in [0.05, 0.1) is 13.2 Å². The summed E-state index contributed by atoms with van der Waals surface area (Å²) in [4.78, 5) is 23.2. The zero-order chi connectivity index (χ0) is 10.4. The van der Waals surface area contributed by atoms with Crippen molar-refractivity contribution in [2.75, 3.05) is 26.3 Å². The van der Waals surface area contributed by atoms with Gasteiger partial charge < -0.3 is 4.74 Å². The predicted molar refractivity (Wildman–Crippen MR) is 48.8 cm³/mol. The third-order valence-corrected chi connectivity index (χ3v) is 2.19. The minimum Gasteiger partial charge on any atom is -0.378 e. The van der Waals surface area contributed by atoms with Crippen LogP contribution >= 0.6 is 0 Å². The molecule has 0 aromatic rings. The van der Waals surface area contributed by atoms with E-state index in [9.17, 15) is 9.59 Å². The van der Waals surface area contributed by atoms with Gasteiger partial charge in [-0.25, -0.2) is 5.84 Å². The number of nitrogens with two attached hydrogens (primary N) is 1.